The molecule has 0 aromatic carbocycles. The Morgan fingerprint density at radius 1 is 1.73 bits per heavy atom. The topological polar surface area (TPSA) is 43.1 Å². The molecule has 0 amide bonds. The molecule has 0 bridgehead atoms. The third-order valence-electron chi connectivity index (χ3n) is 1.32. The van der Waals surface area contributed by atoms with Crippen LogP contribution >= 0.6 is 0 Å². The second-order valence-electron chi connectivity index (χ2n) is 2.86. The first-order chi connectivity index (χ1) is 4.90. The summed E-state index contributed by atoms with van der Waals surface area (Å²) < 4.78 is 12.5. The summed E-state index contributed by atoms with van der Waals surface area (Å²) in [6, 6.07) is 0. The van der Waals surface area contributed by atoms with Gasteiger partial charge in [-0.3, -0.25) is 10.1 Å². The maximum atomic E-state index is 12.5. The Labute approximate surface area is 65.1 Å². The number of hydrogen-bond acceptors (Lipinski definition) is 2. The van der Waals surface area contributed by atoms with Crippen LogP contribution in [0, 0.1) is 10.1 Å². The summed E-state index contributed by atoms with van der Waals surface area (Å²) in [5.41, 5.74) is -1.29. The minimum Gasteiger partial charge on any atom is -0.264 e. The van der Waals surface area contributed by atoms with E-state index in [0.717, 1.165) is 6.08 Å². The van der Waals surface area contributed by atoms with Gasteiger partial charge in [0.2, 0.25) is 5.54 Å². The van der Waals surface area contributed by atoms with Crippen LogP contribution < -0.4 is 0 Å². The summed E-state index contributed by atoms with van der Waals surface area (Å²) >= 11 is 0. The van der Waals surface area contributed by atoms with Crippen molar-refractivity contribution >= 4 is 0 Å². The second-order valence-corrected chi connectivity index (χ2v) is 2.86. The Morgan fingerprint density at radius 2 is 2.18 bits per heavy atom. The molecule has 11 heavy (non-hydrogen) atoms. The monoisotopic (exact) mass is 161 g/mol. The van der Waals surface area contributed by atoms with Crippen LogP contribution in [0.25, 0.3) is 0 Å². The molecule has 3 nitrogen and oxygen atoms in total. The average Bonchev–Trinajstić information content (AvgIpc) is 1.86. The first kappa shape index (κ1) is 10.1. The van der Waals surface area contributed by atoms with Crippen LogP contribution in [0.2, 0.25) is 0 Å². The minimum absolute atomic E-state index is 0.206. The zero-order valence-corrected chi connectivity index (χ0v) is 6.93. The Kier molecular flexibility index (Phi) is 3.17. The highest BCUT2D eigenvalue weighted by molar-refractivity contribution is 5.01. The van der Waals surface area contributed by atoms with E-state index >= 15 is 0 Å². The lowest BCUT2D eigenvalue weighted by atomic mass is 10.1. The summed E-state index contributed by atoms with van der Waals surface area (Å²) in [5.74, 6) is -0.438. The van der Waals surface area contributed by atoms with Crippen molar-refractivity contribution < 1.29 is 9.31 Å². The van der Waals surface area contributed by atoms with E-state index in [9.17, 15) is 14.5 Å². The van der Waals surface area contributed by atoms with Gasteiger partial charge in [-0.1, -0.05) is 6.92 Å². The SMILES string of the molecule is CC/C(F)=C\C(C)(C)[N+](=O)[O-]. The number of hydrogen-bond donors (Lipinski definition) is 0. The first-order valence-corrected chi connectivity index (χ1v) is 3.42. The van der Waals surface area contributed by atoms with Crippen molar-refractivity contribution in [3.05, 3.63) is 22.0 Å². The lowest BCUT2D eigenvalue weighted by Crippen LogP contribution is -2.28. The molecule has 0 aromatic rings. The number of nitro groups is 1. The average molecular weight is 161 g/mol. The summed E-state index contributed by atoms with van der Waals surface area (Å²) in [6.07, 6.45) is 1.24. The Morgan fingerprint density at radius 3 is 2.45 bits per heavy atom. The maximum absolute atomic E-state index is 12.5. The molecule has 0 fully saturated rings. The molecule has 0 saturated carbocycles. The van der Waals surface area contributed by atoms with Gasteiger partial charge in [0.1, 0.15) is 5.83 Å². The fourth-order valence-electron chi connectivity index (χ4n) is 0.538. The van der Waals surface area contributed by atoms with E-state index in [4.69, 9.17) is 0 Å². The van der Waals surface area contributed by atoms with Crippen molar-refractivity contribution in [2.24, 2.45) is 0 Å². The van der Waals surface area contributed by atoms with E-state index in [1.165, 1.54) is 13.8 Å². The normalized spacial score (nSPS) is 13.3. The van der Waals surface area contributed by atoms with Crippen LogP contribution in [-0.4, -0.2) is 10.5 Å². The van der Waals surface area contributed by atoms with E-state index in [1.807, 2.05) is 0 Å². The molecule has 0 aliphatic heterocycles. The van der Waals surface area contributed by atoms with Crippen LogP contribution in [0.3, 0.4) is 0 Å². The maximum Gasteiger partial charge on any atom is 0.237 e. The van der Waals surface area contributed by atoms with E-state index in [0.29, 0.717) is 0 Å². The largest absolute Gasteiger partial charge is 0.264 e. The van der Waals surface area contributed by atoms with Gasteiger partial charge in [-0.2, -0.15) is 0 Å². The summed E-state index contributed by atoms with van der Waals surface area (Å²) in [4.78, 5) is 9.76. The van der Waals surface area contributed by atoms with Crippen molar-refractivity contribution in [2.75, 3.05) is 0 Å². The molecule has 0 N–H and O–H groups in total. The molecule has 0 aromatic heterocycles. The third kappa shape index (κ3) is 3.11. The molecule has 0 aliphatic carbocycles. The van der Waals surface area contributed by atoms with Crippen LogP contribution in [0.4, 0.5) is 4.39 Å². The Bertz CT molecular complexity index is 187. The van der Waals surface area contributed by atoms with Gasteiger partial charge in [-0.25, -0.2) is 4.39 Å². The zero-order chi connectivity index (χ0) is 9.07. The van der Waals surface area contributed by atoms with Crippen molar-refractivity contribution in [1.29, 1.82) is 0 Å². The minimum atomic E-state index is -1.29. The molecular formula is C7H12FNO2. The standard InChI is InChI=1S/C7H12FNO2/c1-4-6(8)5-7(2,3)9(10)11/h5H,4H2,1-3H3/b6-5+. The second kappa shape index (κ2) is 3.46. The third-order valence-corrected chi connectivity index (χ3v) is 1.32. The van der Waals surface area contributed by atoms with E-state index in [2.05, 4.69) is 0 Å². The lowest BCUT2D eigenvalue weighted by Gasteiger charge is -2.09. The predicted molar refractivity (Wildman–Crippen MR) is 40.6 cm³/mol. The van der Waals surface area contributed by atoms with E-state index < -0.39 is 16.3 Å². The number of nitrogens with zero attached hydrogens (tertiary/aromatic N) is 1. The summed E-state index contributed by atoms with van der Waals surface area (Å²) in [6.45, 7) is 4.34. The quantitative estimate of drug-likeness (QED) is 0.470. The van der Waals surface area contributed by atoms with Gasteiger partial charge in [0.25, 0.3) is 0 Å². The fraction of sp³-hybridized carbons (Fsp3) is 0.714. The van der Waals surface area contributed by atoms with Crippen LogP contribution in [0.1, 0.15) is 27.2 Å². The number of allylic oxidation sites excluding steroid dienone is 1. The Balaban J connectivity index is 4.46. The highest BCUT2D eigenvalue weighted by atomic mass is 19.1. The van der Waals surface area contributed by atoms with E-state index in [-0.39, 0.29) is 6.42 Å². The summed E-state index contributed by atoms with van der Waals surface area (Å²) in [7, 11) is 0. The molecule has 0 aliphatic rings. The molecule has 0 unspecified atom stereocenters. The molecule has 4 heteroatoms. The first-order valence-electron chi connectivity index (χ1n) is 3.42. The van der Waals surface area contributed by atoms with Crippen LogP contribution in [0.5, 0.6) is 0 Å². The van der Waals surface area contributed by atoms with Crippen molar-refractivity contribution in [2.45, 2.75) is 32.7 Å². The van der Waals surface area contributed by atoms with Crippen LogP contribution in [-0.2, 0) is 0 Å². The van der Waals surface area contributed by atoms with Gasteiger partial charge >= 0.3 is 0 Å². The molecule has 0 atom stereocenters. The predicted octanol–water partition coefficient (Wildman–Crippen LogP) is 2.31. The van der Waals surface area contributed by atoms with Crippen molar-refractivity contribution in [3.8, 4) is 0 Å². The smallest absolute Gasteiger partial charge is 0.237 e. The van der Waals surface area contributed by atoms with Gasteiger partial charge < -0.3 is 0 Å². The molecule has 0 rings (SSSR count). The molecule has 0 saturated heterocycles. The fourth-order valence-corrected chi connectivity index (χ4v) is 0.538. The van der Waals surface area contributed by atoms with E-state index in [1.54, 1.807) is 6.92 Å². The molecule has 0 radical (unpaired) electrons. The summed E-state index contributed by atoms with van der Waals surface area (Å²) in [5, 5.41) is 10.3. The number of halogens is 1. The molecule has 0 spiro atoms. The molecule has 0 heterocycles. The zero-order valence-electron chi connectivity index (χ0n) is 6.93. The number of rotatable bonds is 3. The molecule has 64 valence electrons. The van der Waals surface area contributed by atoms with Gasteiger partial charge in [-0.05, 0) is 6.42 Å². The van der Waals surface area contributed by atoms with Gasteiger partial charge in [-0.15, -0.1) is 0 Å². The van der Waals surface area contributed by atoms with Crippen molar-refractivity contribution in [1.82, 2.24) is 0 Å². The Hall–Kier alpha value is -0.930. The van der Waals surface area contributed by atoms with Gasteiger partial charge in [0, 0.05) is 24.8 Å². The highest BCUT2D eigenvalue weighted by Crippen LogP contribution is 2.14. The molecular weight excluding hydrogens is 149 g/mol. The van der Waals surface area contributed by atoms with Gasteiger partial charge in [0.05, 0.1) is 0 Å². The van der Waals surface area contributed by atoms with Crippen LogP contribution in [0.15, 0.2) is 11.9 Å². The van der Waals surface area contributed by atoms with Crippen molar-refractivity contribution in [3.63, 3.8) is 0 Å². The van der Waals surface area contributed by atoms with Gasteiger partial charge in [0.15, 0.2) is 0 Å². The lowest BCUT2D eigenvalue weighted by molar-refractivity contribution is -0.545. The highest BCUT2D eigenvalue weighted by Gasteiger charge is 2.28.